The maximum absolute atomic E-state index is 8.47. The molecule has 3 rings (SSSR count). The van der Waals surface area contributed by atoms with E-state index in [1.54, 1.807) is 0 Å². The van der Waals surface area contributed by atoms with E-state index >= 15 is 0 Å². The lowest BCUT2D eigenvalue weighted by atomic mass is 9.94. The zero-order valence-electron chi connectivity index (χ0n) is 11.8. The molecular formula is C17H15N5. The minimum atomic E-state index is -0.496. The predicted molar refractivity (Wildman–Crippen MR) is 85.5 cm³/mol. The zero-order valence-corrected chi connectivity index (χ0v) is 11.8. The zero-order chi connectivity index (χ0) is 15.4. The summed E-state index contributed by atoms with van der Waals surface area (Å²) in [5.41, 5.74) is 8.98. The van der Waals surface area contributed by atoms with Gasteiger partial charge >= 0.3 is 0 Å². The van der Waals surface area contributed by atoms with Gasteiger partial charge in [0.05, 0.1) is 11.8 Å². The molecule has 3 N–H and O–H groups in total. The number of aromatic nitrogens is 3. The molecule has 2 aromatic carbocycles. The van der Waals surface area contributed by atoms with Crippen molar-refractivity contribution in [1.82, 2.24) is 15.0 Å². The highest BCUT2D eigenvalue weighted by Gasteiger charge is 2.18. The van der Waals surface area contributed by atoms with Crippen molar-refractivity contribution in [3.8, 4) is 11.4 Å². The van der Waals surface area contributed by atoms with Crippen molar-refractivity contribution in [1.29, 1.82) is 5.41 Å². The van der Waals surface area contributed by atoms with E-state index in [1.165, 1.54) is 12.7 Å². The third-order valence-corrected chi connectivity index (χ3v) is 3.42. The van der Waals surface area contributed by atoms with Gasteiger partial charge in [0.25, 0.3) is 0 Å². The SMILES string of the molecule is N=C(c1ccccc1-c1ncncn1)C(N)c1ccccc1. The van der Waals surface area contributed by atoms with Crippen molar-refractivity contribution in [2.24, 2.45) is 5.73 Å². The summed E-state index contributed by atoms with van der Waals surface area (Å²) in [7, 11) is 0. The van der Waals surface area contributed by atoms with Gasteiger partial charge in [-0.05, 0) is 5.56 Å². The molecule has 0 amide bonds. The van der Waals surface area contributed by atoms with Crippen molar-refractivity contribution in [2.45, 2.75) is 6.04 Å². The van der Waals surface area contributed by atoms with Crippen LogP contribution < -0.4 is 5.73 Å². The average Bonchev–Trinajstić information content (AvgIpc) is 2.62. The van der Waals surface area contributed by atoms with Crippen molar-refractivity contribution in [2.75, 3.05) is 0 Å². The van der Waals surface area contributed by atoms with Crippen molar-refractivity contribution >= 4 is 5.71 Å². The lowest BCUT2D eigenvalue weighted by Crippen LogP contribution is -2.22. The molecule has 0 radical (unpaired) electrons. The first kappa shape index (κ1) is 14.0. The summed E-state index contributed by atoms with van der Waals surface area (Å²) in [6.45, 7) is 0. The summed E-state index contributed by atoms with van der Waals surface area (Å²) < 4.78 is 0. The fourth-order valence-electron chi connectivity index (χ4n) is 2.29. The maximum atomic E-state index is 8.47. The van der Waals surface area contributed by atoms with E-state index < -0.39 is 6.04 Å². The molecule has 1 unspecified atom stereocenters. The summed E-state index contributed by atoms with van der Waals surface area (Å²) in [5, 5.41) is 8.47. The number of benzene rings is 2. The second-order valence-corrected chi connectivity index (χ2v) is 4.81. The summed E-state index contributed by atoms with van der Waals surface area (Å²) >= 11 is 0. The Labute approximate surface area is 128 Å². The third-order valence-electron chi connectivity index (χ3n) is 3.42. The Hall–Kier alpha value is -2.92. The van der Waals surface area contributed by atoms with E-state index in [4.69, 9.17) is 11.1 Å². The fraction of sp³-hybridized carbons (Fsp3) is 0.0588. The normalized spacial score (nSPS) is 11.9. The fourth-order valence-corrected chi connectivity index (χ4v) is 2.29. The molecule has 0 bridgehead atoms. The van der Waals surface area contributed by atoms with Crippen LogP contribution in [0.4, 0.5) is 0 Å². The monoisotopic (exact) mass is 289 g/mol. The number of nitrogens with one attached hydrogen (secondary N) is 1. The summed E-state index contributed by atoms with van der Waals surface area (Å²) in [4.78, 5) is 12.2. The van der Waals surface area contributed by atoms with Gasteiger partial charge < -0.3 is 11.1 Å². The summed E-state index contributed by atoms with van der Waals surface area (Å²) in [6.07, 6.45) is 2.89. The van der Waals surface area contributed by atoms with Gasteiger partial charge in [0.2, 0.25) is 0 Å². The van der Waals surface area contributed by atoms with E-state index in [-0.39, 0.29) is 0 Å². The molecule has 0 spiro atoms. The molecule has 0 aliphatic heterocycles. The molecule has 1 atom stereocenters. The van der Waals surface area contributed by atoms with Gasteiger partial charge in [0.1, 0.15) is 12.7 Å². The quantitative estimate of drug-likeness (QED) is 0.722. The molecule has 0 saturated carbocycles. The number of nitrogens with two attached hydrogens (primary N) is 1. The van der Waals surface area contributed by atoms with Crippen LogP contribution in [-0.4, -0.2) is 20.7 Å². The van der Waals surface area contributed by atoms with Gasteiger partial charge in [0, 0.05) is 11.1 Å². The van der Waals surface area contributed by atoms with Crippen LogP contribution in [0.3, 0.4) is 0 Å². The molecule has 22 heavy (non-hydrogen) atoms. The average molecular weight is 289 g/mol. The predicted octanol–water partition coefficient (Wildman–Crippen LogP) is 2.61. The van der Waals surface area contributed by atoms with Crippen LogP contribution >= 0.6 is 0 Å². The molecule has 0 fully saturated rings. The van der Waals surface area contributed by atoms with E-state index in [0.717, 1.165) is 16.7 Å². The molecule has 108 valence electrons. The number of nitrogens with zero attached hydrogens (tertiary/aromatic N) is 3. The van der Waals surface area contributed by atoms with Crippen molar-refractivity contribution in [3.05, 3.63) is 78.4 Å². The number of rotatable bonds is 4. The first-order chi connectivity index (χ1) is 10.8. The third kappa shape index (κ3) is 2.75. The van der Waals surface area contributed by atoms with Crippen molar-refractivity contribution in [3.63, 3.8) is 0 Å². The Balaban J connectivity index is 2.01. The van der Waals surface area contributed by atoms with E-state index in [1.807, 2.05) is 54.6 Å². The molecule has 1 heterocycles. The van der Waals surface area contributed by atoms with Gasteiger partial charge in [-0.15, -0.1) is 0 Å². The molecule has 0 aliphatic carbocycles. The summed E-state index contributed by atoms with van der Waals surface area (Å²) in [6, 6.07) is 16.6. The Morgan fingerprint density at radius 3 is 2.27 bits per heavy atom. The molecule has 5 heteroatoms. The second-order valence-electron chi connectivity index (χ2n) is 4.81. The molecule has 0 saturated heterocycles. The Kier molecular flexibility index (Phi) is 3.98. The van der Waals surface area contributed by atoms with E-state index in [2.05, 4.69) is 15.0 Å². The highest BCUT2D eigenvalue weighted by atomic mass is 15.0. The molecule has 1 aromatic heterocycles. The molecule has 3 aromatic rings. The van der Waals surface area contributed by atoms with Crippen LogP contribution in [0.25, 0.3) is 11.4 Å². The Bertz CT molecular complexity index is 771. The number of hydrogen-bond donors (Lipinski definition) is 2. The lowest BCUT2D eigenvalue weighted by Gasteiger charge is -2.16. The molecule has 5 nitrogen and oxygen atoms in total. The maximum Gasteiger partial charge on any atom is 0.163 e. The highest BCUT2D eigenvalue weighted by Crippen LogP contribution is 2.24. The van der Waals surface area contributed by atoms with Gasteiger partial charge in [-0.2, -0.15) is 0 Å². The van der Waals surface area contributed by atoms with Crippen LogP contribution in [0.15, 0.2) is 67.3 Å². The minimum absolute atomic E-state index is 0.335. The lowest BCUT2D eigenvalue weighted by molar-refractivity contribution is 0.951. The molecule has 0 aliphatic rings. The van der Waals surface area contributed by atoms with Crippen LogP contribution in [0.2, 0.25) is 0 Å². The van der Waals surface area contributed by atoms with Gasteiger partial charge in [-0.1, -0.05) is 54.6 Å². The number of hydrogen-bond acceptors (Lipinski definition) is 5. The first-order valence-corrected chi connectivity index (χ1v) is 6.88. The van der Waals surface area contributed by atoms with Gasteiger partial charge in [-0.25, -0.2) is 15.0 Å². The second kappa shape index (κ2) is 6.24. The Morgan fingerprint density at radius 1 is 0.909 bits per heavy atom. The minimum Gasteiger partial charge on any atom is -0.319 e. The Morgan fingerprint density at radius 2 is 1.55 bits per heavy atom. The molecular weight excluding hydrogens is 274 g/mol. The van der Waals surface area contributed by atoms with Crippen LogP contribution in [0.5, 0.6) is 0 Å². The topological polar surface area (TPSA) is 88.5 Å². The van der Waals surface area contributed by atoms with Gasteiger partial charge in [0.15, 0.2) is 5.82 Å². The van der Waals surface area contributed by atoms with E-state index in [9.17, 15) is 0 Å². The summed E-state index contributed by atoms with van der Waals surface area (Å²) in [5.74, 6) is 0.538. The smallest absolute Gasteiger partial charge is 0.163 e. The highest BCUT2D eigenvalue weighted by molar-refractivity contribution is 6.06. The van der Waals surface area contributed by atoms with E-state index in [0.29, 0.717) is 11.5 Å². The van der Waals surface area contributed by atoms with Crippen LogP contribution in [0.1, 0.15) is 17.2 Å². The van der Waals surface area contributed by atoms with Crippen LogP contribution in [-0.2, 0) is 0 Å². The largest absolute Gasteiger partial charge is 0.319 e. The van der Waals surface area contributed by atoms with Crippen LogP contribution in [0, 0.1) is 5.41 Å². The van der Waals surface area contributed by atoms with Gasteiger partial charge in [-0.3, -0.25) is 0 Å². The standard InChI is InChI=1S/C17H15N5/c18-15(12-6-2-1-3-7-12)16(19)13-8-4-5-9-14(13)17-21-10-20-11-22-17/h1-11,15,19H,18H2. The first-order valence-electron chi connectivity index (χ1n) is 6.88. The van der Waals surface area contributed by atoms with Crippen molar-refractivity contribution < 1.29 is 0 Å².